The van der Waals surface area contributed by atoms with Crippen LogP contribution >= 0.6 is 21.9 Å². The summed E-state index contributed by atoms with van der Waals surface area (Å²) in [7, 11) is 2.73. The lowest BCUT2D eigenvalue weighted by atomic mass is 10.1. The summed E-state index contributed by atoms with van der Waals surface area (Å²) in [5.41, 5.74) is 0.579. The minimum Gasteiger partial charge on any atom is -0.172 e. The van der Waals surface area contributed by atoms with Crippen LogP contribution in [0.3, 0.4) is 0 Å². The van der Waals surface area contributed by atoms with Gasteiger partial charge in [0.1, 0.15) is 0 Å². The SMILES string of the molecule is CC(P)C(C)(C)S. The molecule has 0 aromatic rings. The average molecular weight is 136 g/mol. The molecule has 0 N–H and O–H groups in total. The Bertz CT molecular complexity index is 53.6. The molecule has 44 valence electrons. The summed E-state index contributed by atoms with van der Waals surface area (Å²) in [6.07, 6.45) is 0. The zero-order valence-corrected chi connectivity index (χ0v) is 7.15. The van der Waals surface area contributed by atoms with Gasteiger partial charge in [0.2, 0.25) is 0 Å². The van der Waals surface area contributed by atoms with E-state index < -0.39 is 0 Å². The van der Waals surface area contributed by atoms with Crippen LogP contribution in [-0.2, 0) is 0 Å². The quantitative estimate of drug-likeness (QED) is 0.413. The predicted molar refractivity (Wildman–Crippen MR) is 42.2 cm³/mol. The fraction of sp³-hybridized carbons (Fsp3) is 1.00. The second-order valence-electron chi connectivity index (χ2n) is 2.44. The van der Waals surface area contributed by atoms with E-state index in [0.717, 1.165) is 0 Å². The van der Waals surface area contributed by atoms with E-state index in [0.29, 0.717) is 5.66 Å². The molecule has 0 aliphatic heterocycles. The Kier molecular flexibility index (Phi) is 2.63. The Morgan fingerprint density at radius 1 is 1.57 bits per heavy atom. The van der Waals surface area contributed by atoms with Crippen LogP contribution < -0.4 is 0 Å². The zero-order valence-electron chi connectivity index (χ0n) is 5.10. The molecule has 0 aliphatic rings. The van der Waals surface area contributed by atoms with Crippen molar-refractivity contribution in [3.8, 4) is 0 Å². The molecule has 0 nitrogen and oxygen atoms in total. The largest absolute Gasteiger partial charge is 0.172 e. The van der Waals surface area contributed by atoms with Crippen LogP contribution in [0, 0.1) is 0 Å². The van der Waals surface area contributed by atoms with Crippen molar-refractivity contribution in [2.24, 2.45) is 0 Å². The maximum atomic E-state index is 4.33. The van der Waals surface area contributed by atoms with Gasteiger partial charge in [0.25, 0.3) is 0 Å². The van der Waals surface area contributed by atoms with Crippen molar-refractivity contribution < 1.29 is 0 Å². The number of thiol groups is 1. The summed E-state index contributed by atoms with van der Waals surface area (Å²) in [4.78, 5) is 0. The summed E-state index contributed by atoms with van der Waals surface area (Å²) in [5.74, 6) is 0. The van der Waals surface area contributed by atoms with Crippen LogP contribution in [-0.4, -0.2) is 10.4 Å². The summed E-state index contributed by atoms with van der Waals surface area (Å²) >= 11 is 4.33. The first kappa shape index (κ1) is 7.78. The second-order valence-corrected chi connectivity index (χ2v) is 4.59. The van der Waals surface area contributed by atoms with E-state index in [1.165, 1.54) is 0 Å². The maximum Gasteiger partial charge on any atom is 0.0133 e. The Labute approximate surface area is 53.7 Å². The van der Waals surface area contributed by atoms with Crippen molar-refractivity contribution in [1.82, 2.24) is 0 Å². The van der Waals surface area contributed by atoms with E-state index in [1.807, 2.05) is 0 Å². The van der Waals surface area contributed by atoms with E-state index in [-0.39, 0.29) is 4.75 Å². The predicted octanol–water partition coefficient (Wildman–Crippen LogP) is 1.96. The zero-order chi connectivity index (χ0) is 6.08. The van der Waals surface area contributed by atoms with E-state index in [2.05, 4.69) is 42.6 Å². The first-order valence-corrected chi connectivity index (χ1v) is 3.54. The van der Waals surface area contributed by atoms with Crippen LogP contribution in [0.15, 0.2) is 0 Å². The lowest BCUT2D eigenvalue weighted by Crippen LogP contribution is -2.21. The van der Waals surface area contributed by atoms with Gasteiger partial charge in [0.15, 0.2) is 0 Å². The molecule has 0 amide bonds. The molecule has 0 saturated carbocycles. The lowest BCUT2D eigenvalue weighted by Gasteiger charge is -2.21. The topological polar surface area (TPSA) is 0 Å². The van der Waals surface area contributed by atoms with Crippen LogP contribution in [0.25, 0.3) is 0 Å². The molecule has 0 bridgehead atoms. The summed E-state index contributed by atoms with van der Waals surface area (Å²) in [5, 5.41) is 0. The van der Waals surface area contributed by atoms with Gasteiger partial charge in [-0.25, -0.2) is 0 Å². The normalized spacial score (nSPS) is 16.7. The van der Waals surface area contributed by atoms with Gasteiger partial charge in [0.05, 0.1) is 0 Å². The highest BCUT2D eigenvalue weighted by Gasteiger charge is 2.15. The molecule has 0 aromatic carbocycles. The molecule has 0 rings (SSSR count). The van der Waals surface area contributed by atoms with Gasteiger partial charge < -0.3 is 0 Å². The third-order valence-electron chi connectivity index (χ3n) is 1.11. The molecular formula is C5H13PS. The number of hydrogen-bond acceptors (Lipinski definition) is 1. The highest BCUT2D eigenvalue weighted by Crippen LogP contribution is 2.22. The van der Waals surface area contributed by atoms with Gasteiger partial charge in [-0.15, -0.1) is 9.24 Å². The molecular weight excluding hydrogens is 123 g/mol. The summed E-state index contributed by atoms with van der Waals surface area (Å²) in [6, 6.07) is 0. The molecule has 0 spiro atoms. The minimum atomic E-state index is 0.157. The Morgan fingerprint density at radius 2 is 1.71 bits per heavy atom. The fourth-order valence-electron chi connectivity index (χ4n) is 0. The third-order valence-corrected chi connectivity index (χ3v) is 2.64. The molecule has 2 atom stereocenters. The molecule has 0 aromatic heterocycles. The molecule has 0 radical (unpaired) electrons. The van der Waals surface area contributed by atoms with Gasteiger partial charge in [-0.05, 0) is 5.66 Å². The van der Waals surface area contributed by atoms with E-state index in [4.69, 9.17) is 0 Å². The highest BCUT2D eigenvalue weighted by molar-refractivity contribution is 7.82. The number of hydrogen-bond donors (Lipinski definition) is 1. The molecule has 2 heteroatoms. The fourth-order valence-corrected chi connectivity index (χ4v) is 0. The first-order chi connectivity index (χ1) is 2.94. The minimum absolute atomic E-state index is 0.157. The van der Waals surface area contributed by atoms with Crippen molar-refractivity contribution >= 4 is 21.9 Å². The smallest absolute Gasteiger partial charge is 0.0133 e. The van der Waals surface area contributed by atoms with Gasteiger partial charge in [-0.1, -0.05) is 20.8 Å². The standard InChI is InChI=1S/C5H13PS/c1-4(6)5(2,3)7/h4,7H,6H2,1-3H3. The maximum absolute atomic E-state index is 4.33. The summed E-state index contributed by atoms with van der Waals surface area (Å²) < 4.78 is 0.157. The molecule has 0 fully saturated rings. The Morgan fingerprint density at radius 3 is 1.71 bits per heavy atom. The van der Waals surface area contributed by atoms with E-state index in [9.17, 15) is 0 Å². The van der Waals surface area contributed by atoms with Crippen molar-refractivity contribution in [2.45, 2.75) is 31.2 Å². The molecule has 0 saturated heterocycles. The van der Waals surface area contributed by atoms with Crippen molar-refractivity contribution in [1.29, 1.82) is 0 Å². The monoisotopic (exact) mass is 136 g/mol. The van der Waals surface area contributed by atoms with Gasteiger partial charge in [-0.2, -0.15) is 12.6 Å². The molecule has 0 aliphatic carbocycles. The van der Waals surface area contributed by atoms with Crippen molar-refractivity contribution in [2.75, 3.05) is 0 Å². The van der Waals surface area contributed by atoms with Gasteiger partial charge in [0, 0.05) is 4.75 Å². The van der Waals surface area contributed by atoms with Crippen LogP contribution in [0.5, 0.6) is 0 Å². The van der Waals surface area contributed by atoms with E-state index >= 15 is 0 Å². The number of rotatable bonds is 1. The Hall–Kier alpha value is 0.780. The average Bonchev–Trinajstić information content (AvgIpc) is 1.31. The van der Waals surface area contributed by atoms with Crippen molar-refractivity contribution in [3.63, 3.8) is 0 Å². The second kappa shape index (κ2) is 2.37. The lowest BCUT2D eigenvalue weighted by molar-refractivity contribution is 0.708. The highest BCUT2D eigenvalue weighted by atomic mass is 32.1. The van der Waals surface area contributed by atoms with Crippen LogP contribution in [0.1, 0.15) is 20.8 Å². The Balaban J connectivity index is 3.54. The third kappa shape index (κ3) is 3.37. The van der Waals surface area contributed by atoms with Crippen LogP contribution in [0.2, 0.25) is 0 Å². The van der Waals surface area contributed by atoms with E-state index in [1.54, 1.807) is 0 Å². The molecule has 0 heterocycles. The van der Waals surface area contributed by atoms with Gasteiger partial charge in [-0.3, -0.25) is 0 Å². The first-order valence-electron chi connectivity index (χ1n) is 2.42. The van der Waals surface area contributed by atoms with Gasteiger partial charge >= 0.3 is 0 Å². The summed E-state index contributed by atoms with van der Waals surface area (Å²) in [6.45, 7) is 6.35. The van der Waals surface area contributed by atoms with Crippen LogP contribution in [0.4, 0.5) is 0 Å². The van der Waals surface area contributed by atoms with Crippen molar-refractivity contribution in [3.05, 3.63) is 0 Å². The molecule has 2 unspecified atom stereocenters. The molecule has 7 heavy (non-hydrogen) atoms.